The van der Waals surface area contributed by atoms with Crippen LogP contribution in [0.25, 0.3) is 0 Å². The van der Waals surface area contributed by atoms with Crippen LogP contribution in [0.1, 0.15) is 24.3 Å². The van der Waals surface area contributed by atoms with Gasteiger partial charge in [-0.3, -0.25) is 9.59 Å². The number of nitriles is 1. The van der Waals surface area contributed by atoms with Crippen LogP contribution in [0.15, 0.2) is 22.7 Å². The quantitative estimate of drug-likeness (QED) is 0.843. The summed E-state index contributed by atoms with van der Waals surface area (Å²) in [6.07, 6.45) is 1.83. The van der Waals surface area contributed by atoms with E-state index in [2.05, 4.69) is 21.2 Å². The van der Waals surface area contributed by atoms with Crippen LogP contribution in [-0.2, 0) is 9.59 Å². The predicted octanol–water partition coefficient (Wildman–Crippen LogP) is 1.91. The van der Waals surface area contributed by atoms with E-state index in [-0.39, 0.29) is 12.6 Å². The van der Waals surface area contributed by atoms with Gasteiger partial charge in [0.2, 0.25) is 5.91 Å². The Balaban J connectivity index is 1.80. The summed E-state index contributed by atoms with van der Waals surface area (Å²) < 4.78 is 6.31. The first-order valence-corrected chi connectivity index (χ1v) is 7.55. The molecule has 0 unspecified atom stereocenters. The van der Waals surface area contributed by atoms with Crippen molar-refractivity contribution in [2.45, 2.75) is 24.8 Å². The van der Waals surface area contributed by atoms with Gasteiger partial charge in [0, 0.05) is 16.1 Å². The molecule has 1 heterocycles. The van der Waals surface area contributed by atoms with Crippen molar-refractivity contribution in [3.05, 3.63) is 28.2 Å². The van der Waals surface area contributed by atoms with Crippen LogP contribution in [-0.4, -0.2) is 24.3 Å². The Hall–Kier alpha value is -1.87. The fourth-order valence-corrected chi connectivity index (χ4v) is 2.76. The lowest BCUT2D eigenvalue weighted by molar-refractivity contribution is -0.132. The number of carbonyl (C=O) groups excluding carboxylic acids is 2. The first-order valence-electron chi connectivity index (χ1n) is 6.76. The normalized spacial score (nSPS) is 20.9. The van der Waals surface area contributed by atoms with Gasteiger partial charge >= 0.3 is 0 Å². The van der Waals surface area contributed by atoms with E-state index < -0.39 is 23.5 Å². The van der Waals surface area contributed by atoms with Crippen molar-refractivity contribution in [1.82, 2.24) is 5.32 Å². The van der Waals surface area contributed by atoms with Crippen LogP contribution in [0, 0.1) is 17.2 Å². The molecule has 6 heteroatoms. The van der Waals surface area contributed by atoms with Crippen LogP contribution in [0.4, 0.5) is 0 Å². The molecule has 21 heavy (non-hydrogen) atoms. The molecule has 1 amide bonds. The highest BCUT2D eigenvalue weighted by molar-refractivity contribution is 9.10. The van der Waals surface area contributed by atoms with Crippen molar-refractivity contribution in [2.24, 2.45) is 5.92 Å². The standard InChI is InChI=1S/C15H13BrN2O3/c16-8-1-4-13-10(5-8)12(7-21-13)14(19)11(6-17)15(20)18-9-2-3-9/h1,4-5,9,11-12H,2-3,7H2,(H,18,20)/t11-,12-/m1/s1. The Labute approximate surface area is 130 Å². The number of hydrogen-bond acceptors (Lipinski definition) is 4. The summed E-state index contributed by atoms with van der Waals surface area (Å²) in [6.45, 7) is 0.180. The molecule has 1 aromatic carbocycles. The first kappa shape index (κ1) is 14.1. The van der Waals surface area contributed by atoms with E-state index in [0.717, 1.165) is 22.9 Å². The number of carbonyl (C=O) groups is 2. The van der Waals surface area contributed by atoms with Gasteiger partial charge in [0.15, 0.2) is 11.7 Å². The van der Waals surface area contributed by atoms with E-state index in [0.29, 0.717) is 5.75 Å². The maximum absolute atomic E-state index is 12.5. The monoisotopic (exact) mass is 348 g/mol. The number of Topliss-reactive ketones (excluding diaryl/α,β-unsaturated/α-hetero) is 1. The van der Waals surface area contributed by atoms with E-state index in [1.165, 1.54) is 0 Å². The molecular weight excluding hydrogens is 336 g/mol. The number of amides is 1. The first-order chi connectivity index (χ1) is 10.1. The van der Waals surface area contributed by atoms with Crippen molar-refractivity contribution in [3.8, 4) is 11.8 Å². The highest BCUT2D eigenvalue weighted by Crippen LogP contribution is 2.37. The minimum absolute atomic E-state index is 0.127. The number of rotatable bonds is 4. The number of hydrogen-bond donors (Lipinski definition) is 1. The van der Waals surface area contributed by atoms with Crippen LogP contribution < -0.4 is 10.1 Å². The highest BCUT2D eigenvalue weighted by Gasteiger charge is 2.39. The van der Waals surface area contributed by atoms with Crippen molar-refractivity contribution in [3.63, 3.8) is 0 Å². The summed E-state index contributed by atoms with van der Waals surface area (Å²) in [5, 5.41) is 11.9. The number of ether oxygens (including phenoxy) is 1. The van der Waals surface area contributed by atoms with Gasteiger partial charge in [0.1, 0.15) is 12.4 Å². The summed E-state index contributed by atoms with van der Waals surface area (Å²) >= 11 is 3.35. The maximum Gasteiger partial charge on any atom is 0.245 e. The third-order valence-electron chi connectivity index (χ3n) is 3.70. The van der Waals surface area contributed by atoms with Gasteiger partial charge in [-0.1, -0.05) is 15.9 Å². The molecule has 2 atom stereocenters. The lowest BCUT2D eigenvalue weighted by Crippen LogP contribution is -2.38. The molecule has 1 saturated carbocycles. The lowest BCUT2D eigenvalue weighted by Gasteiger charge is -2.13. The Kier molecular flexibility index (Phi) is 3.68. The van der Waals surface area contributed by atoms with Gasteiger partial charge < -0.3 is 10.1 Å². The second-order valence-corrected chi connectivity index (χ2v) is 6.21. The molecule has 1 aliphatic carbocycles. The van der Waals surface area contributed by atoms with Gasteiger partial charge in [-0.15, -0.1) is 0 Å². The van der Waals surface area contributed by atoms with Gasteiger partial charge in [0.25, 0.3) is 0 Å². The van der Waals surface area contributed by atoms with Crippen LogP contribution in [0.3, 0.4) is 0 Å². The summed E-state index contributed by atoms with van der Waals surface area (Å²) in [7, 11) is 0. The molecule has 0 aromatic heterocycles. The predicted molar refractivity (Wildman–Crippen MR) is 77.7 cm³/mol. The second-order valence-electron chi connectivity index (χ2n) is 5.29. The van der Waals surface area contributed by atoms with Gasteiger partial charge in [-0.2, -0.15) is 5.26 Å². The molecule has 1 aromatic rings. The topological polar surface area (TPSA) is 79.2 Å². The summed E-state index contributed by atoms with van der Waals surface area (Å²) in [4.78, 5) is 24.5. The molecule has 1 N–H and O–H groups in total. The van der Waals surface area contributed by atoms with E-state index in [9.17, 15) is 14.9 Å². The van der Waals surface area contributed by atoms with E-state index in [4.69, 9.17) is 4.74 Å². The number of nitrogens with zero attached hydrogens (tertiary/aromatic N) is 1. The third-order valence-corrected chi connectivity index (χ3v) is 4.19. The molecule has 1 aliphatic heterocycles. The van der Waals surface area contributed by atoms with Gasteiger partial charge in [-0.05, 0) is 31.0 Å². The molecule has 0 bridgehead atoms. The van der Waals surface area contributed by atoms with Gasteiger partial charge in [-0.25, -0.2) is 0 Å². The number of halogens is 1. The fraction of sp³-hybridized carbons (Fsp3) is 0.400. The Morgan fingerprint density at radius 3 is 2.86 bits per heavy atom. The largest absolute Gasteiger partial charge is 0.492 e. The number of nitrogens with one attached hydrogen (secondary N) is 1. The minimum Gasteiger partial charge on any atom is -0.492 e. The number of ketones is 1. The van der Waals surface area contributed by atoms with Crippen molar-refractivity contribution < 1.29 is 14.3 Å². The summed E-state index contributed by atoms with van der Waals surface area (Å²) in [5.41, 5.74) is 0.730. The zero-order valence-electron chi connectivity index (χ0n) is 11.1. The van der Waals surface area contributed by atoms with E-state index in [1.54, 1.807) is 12.1 Å². The smallest absolute Gasteiger partial charge is 0.245 e. The molecule has 5 nitrogen and oxygen atoms in total. The maximum atomic E-state index is 12.5. The van der Waals surface area contributed by atoms with Crippen LogP contribution >= 0.6 is 15.9 Å². The summed E-state index contributed by atoms with van der Waals surface area (Å²) in [5.74, 6) is -2.09. The Morgan fingerprint density at radius 2 is 2.19 bits per heavy atom. The zero-order chi connectivity index (χ0) is 15.0. The summed E-state index contributed by atoms with van der Waals surface area (Å²) in [6, 6.07) is 7.36. The second kappa shape index (κ2) is 5.49. The average molecular weight is 349 g/mol. The molecular formula is C15H13BrN2O3. The van der Waals surface area contributed by atoms with Crippen molar-refractivity contribution >= 4 is 27.6 Å². The van der Waals surface area contributed by atoms with Crippen molar-refractivity contribution in [2.75, 3.05) is 6.61 Å². The Bertz CT molecular complexity index is 649. The SMILES string of the molecule is N#C[C@@H](C(=O)NC1CC1)C(=O)[C@@H]1COc2ccc(Br)cc21. The Morgan fingerprint density at radius 1 is 1.43 bits per heavy atom. The highest BCUT2D eigenvalue weighted by atomic mass is 79.9. The molecule has 0 saturated heterocycles. The zero-order valence-corrected chi connectivity index (χ0v) is 12.7. The van der Waals surface area contributed by atoms with E-state index >= 15 is 0 Å². The molecule has 0 spiro atoms. The molecule has 108 valence electrons. The average Bonchev–Trinajstić information content (AvgIpc) is 3.16. The number of benzene rings is 1. The van der Waals surface area contributed by atoms with Gasteiger partial charge in [0.05, 0.1) is 12.0 Å². The lowest BCUT2D eigenvalue weighted by atomic mass is 9.89. The van der Waals surface area contributed by atoms with Crippen LogP contribution in [0.5, 0.6) is 5.75 Å². The third kappa shape index (κ3) is 2.79. The van der Waals surface area contributed by atoms with Crippen molar-refractivity contribution in [1.29, 1.82) is 5.26 Å². The fourth-order valence-electron chi connectivity index (χ4n) is 2.39. The van der Waals surface area contributed by atoms with Crippen LogP contribution in [0.2, 0.25) is 0 Å². The van der Waals surface area contributed by atoms with E-state index in [1.807, 2.05) is 12.1 Å². The molecule has 2 aliphatic rings. The molecule has 1 fully saturated rings. The minimum atomic E-state index is -1.27. The molecule has 0 radical (unpaired) electrons. The number of fused-ring (bicyclic) bond motifs is 1. The molecule has 3 rings (SSSR count).